The van der Waals surface area contributed by atoms with Gasteiger partial charge in [0.15, 0.2) is 10.2 Å². The molecule has 0 saturated heterocycles. The molecule has 2 aromatic rings. The maximum atomic E-state index is 5.97. The summed E-state index contributed by atoms with van der Waals surface area (Å²) in [6.07, 6.45) is 0.877. The Morgan fingerprint density at radius 1 is 1.50 bits per heavy atom. The van der Waals surface area contributed by atoms with Crippen LogP contribution in [0.2, 0.25) is 5.02 Å². The van der Waals surface area contributed by atoms with Gasteiger partial charge in [-0.25, -0.2) is 4.98 Å². The third-order valence-electron chi connectivity index (χ3n) is 2.60. The first-order chi connectivity index (χ1) is 8.13. The molecule has 3 N–H and O–H groups in total. The number of nitrogens with zero attached hydrogens (tertiary/aromatic N) is 1. The van der Waals surface area contributed by atoms with E-state index in [-0.39, 0.29) is 22.1 Å². The van der Waals surface area contributed by atoms with E-state index in [0.717, 1.165) is 27.8 Å². The van der Waals surface area contributed by atoms with Gasteiger partial charge in [0.2, 0.25) is 0 Å². The van der Waals surface area contributed by atoms with E-state index in [9.17, 15) is 0 Å². The molecule has 1 aromatic carbocycles. The lowest BCUT2D eigenvalue weighted by molar-refractivity contribution is 1.31. The van der Waals surface area contributed by atoms with Crippen LogP contribution in [0.3, 0.4) is 0 Å². The van der Waals surface area contributed by atoms with Crippen molar-refractivity contribution in [3.63, 3.8) is 0 Å². The summed E-state index contributed by atoms with van der Waals surface area (Å²) in [5, 5.41) is 4.63. The molecule has 1 aliphatic carbocycles. The second kappa shape index (κ2) is 5.13. The predicted molar refractivity (Wildman–Crippen MR) is 86.1 cm³/mol. The fraction of sp³-hybridized carbons (Fsp3) is 0.0909. The number of thiocarbonyl (C=S) groups is 1. The molecule has 1 heterocycles. The van der Waals surface area contributed by atoms with E-state index in [1.807, 2.05) is 18.2 Å². The monoisotopic (exact) mass is 361 g/mol. The van der Waals surface area contributed by atoms with Gasteiger partial charge in [0.05, 0.1) is 5.69 Å². The van der Waals surface area contributed by atoms with Crippen LogP contribution in [-0.4, -0.2) is 10.1 Å². The van der Waals surface area contributed by atoms with E-state index in [0.29, 0.717) is 0 Å². The van der Waals surface area contributed by atoms with Crippen molar-refractivity contribution in [1.82, 2.24) is 4.98 Å². The minimum Gasteiger partial charge on any atom is -0.376 e. The van der Waals surface area contributed by atoms with Crippen molar-refractivity contribution in [2.75, 3.05) is 5.32 Å². The Balaban J connectivity index is 0.00000120. The molecular formula is C11H9BrClN3S2. The maximum absolute atomic E-state index is 5.97. The number of rotatable bonds is 1. The van der Waals surface area contributed by atoms with Gasteiger partial charge in [-0.15, -0.1) is 28.3 Å². The second-order valence-electron chi connectivity index (χ2n) is 3.76. The molecule has 0 aliphatic heterocycles. The van der Waals surface area contributed by atoms with Crippen LogP contribution in [0.5, 0.6) is 0 Å². The number of fused-ring (bicyclic) bond motifs is 3. The van der Waals surface area contributed by atoms with Crippen LogP contribution in [0.4, 0.5) is 5.13 Å². The lowest BCUT2D eigenvalue weighted by Crippen LogP contribution is -2.18. The summed E-state index contributed by atoms with van der Waals surface area (Å²) in [5.41, 5.74) is 8.82. The van der Waals surface area contributed by atoms with Crippen LogP contribution in [0.15, 0.2) is 18.2 Å². The highest BCUT2D eigenvalue weighted by Gasteiger charge is 2.23. The SMILES string of the molecule is Br.NC(=S)Nc1nc2c(s1)Cc1cc(Cl)ccc1-2. The van der Waals surface area contributed by atoms with Gasteiger partial charge < -0.3 is 11.1 Å². The second-order valence-corrected chi connectivity index (χ2v) is 5.72. The molecule has 1 aliphatic rings. The van der Waals surface area contributed by atoms with Crippen molar-refractivity contribution < 1.29 is 0 Å². The lowest BCUT2D eigenvalue weighted by Gasteiger charge is -2.00. The van der Waals surface area contributed by atoms with Gasteiger partial charge in [-0.1, -0.05) is 17.7 Å². The van der Waals surface area contributed by atoms with Crippen molar-refractivity contribution in [2.24, 2.45) is 5.73 Å². The fourth-order valence-electron chi connectivity index (χ4n) is 1.95. The van der Waals surface area contributed by atoms with Crippen LogP contribution < -0.4 is 11.1 Å². The zero-order valence-corrected chi connectivity index (χ0v) is 13.2. The fourth-order valence-corrected chi connectivity index (χ4v) is 3.32. The summed E-state index contributed by atoms with van der Waals surface area (Å²) >= 11 is 12.3. The third-order valence-corrected chi connectivity index (χ3v) is 3.91. The molecule has 0 atom stereocenters. The number of nitrogens with one attached hydrogen (secondary N) is 1. The first kappa shape index (κ1) is 13.7. The molecule has 0 amide bonds. The average Bonchev–Trinajstić information content (AvgIpc) is 2.72. The predicted octanol–water partition coefficient (Wildman–Crippen LogP) is 3.60. The normalized spacial score (nSPS) is 11.4. The third kappa shape index (κ3) is 2.38. The van der Waals surface area contributed by atoms with Gasteiger partial charge >= 0.3 is 0 Å². The maximum Gasteiger partial charge on any atom is 0.189 e. The van der Waals surface area contributed by atoms with Crippen LogP contribution in [0.25, 0.3) is 11.3 Å². The number of hydrogen-bond donors (Lipinski definition) is 2. The smallest absolute Gasteiger partial charge is 0.189 e. The van der Waals surface area contributed by atoms with Gasteiger partial charge in [-0.3, -0.25) is 0 Å². The Morgan fingerprint density at radius 3 is 3.00 bits per heavy atom. The van der Waals surface area contributed by atoms with Gasteiger partial charge in [-0.2, -0.15) is 0 Å². The molecular weight excluding hydrogens is 354 g/mol. The number of aromatic nitrogens is 1. The number of thiazole rings is 1. The Bertz CT molecular complexity index is 627. The first-order valence-corrected chi connectivity index (χ1v) is 6.59. The summed E-state index contributed by atoms with van der Waals surface area (Å²) in [6.45, 7) is 0. The van der Waals surface area contributed by atoms with Crippen LogP contribution in [0, 0.1) is 0 Å². The van der Waals surface area contributed by atoms with Crippen molar-refractivity contribution in [3.8, 4) is 11.3 Å². The quantitative estimate of drug-likeness (QED) is 0.649. The minimum atomic E-state index is 0. The van der Waals surface area contributed by atoms with Gasteiger partial charge in [0.1, 0.15) is 0 Å². The van der Waals surface area contributed by atoms with Gasteiger partial charge in [0.25, 0.3) is 0 Å². The minimum absolute atomic E-state index is 0. The molecule has 3 nitrogen and oxygen atoms in total. The largest absolute Gasteiger partial charge is 0.376 e. The Hall–Kier alpha value is -0.690. The molecule has 7 heteroatoms. The van der Waals surface area contributed by atoms with E-state index in [1.54, 1.807) is 11.3 Å². The van der Waals surface area contributed by atoms with E-state index in [2.05, 4.69) is 10.3 Å². The number of hydrogen-bond acceptors (Lipinski definition) is 3. The highest BCUT2D eigenvalue weighted by molar-refractivity contribution is 8.93. The summed E-state index contributed by atoms with van der Waals surface area (Å²) in [4.78, 5) is 5.72. The molecule has 0 bridgehead atoms. The van der Waals surface area contributed by atoms with Crippen LogP contribution in [0.1, 0.15) is 10.4 Å². The lowest BCUT2D eigenvalue weighted by atomic mass is 10.1. The Kier molecular flexibility index (Phi) is 3.91. The average molecular weight is 363 g/mol. The molecule has 0 unspecified atom stereocenters. The zero-order chi connectivity index (χ0) is 12.0. The molecule has 0 saturated carbocycles. The molecule has 94 valence electrons. The Labute approximate surface area is 129 Å². The molecule has 0 spiro atoms. The molecule has 18 heavy (non-hydrogen) atoms. The number of nitrogens with two attached hydrogens (primary N) is 1. The summed E-state index contributed by atoms with van der Waals surface area (Å²) in [7, 11) is 0. The first-order valence-electron chi connectivity index (χ1n) is 4.98. The van der Waals surface area contributed by atoms with Crippen molar-refractivity contribution in [3.05, 3.63) is 33.7 Å². The number of halogens is 2. The van der Waals surface area contributed by atoms with E-state index < -0.39 is 0 Å². The number of benzene rings is 1. The van der Waals surface area contributed by atoms with E-state index in [1.165, 1.54) is 10.4 Å². The highest BCUT2D eigenvalue weighted by atomic mass is 79.9. The molecule has 3 rings (SSSR count). The van der Waals surface area contributed by atoms with Gasteiger partial charge in [0, 0.05) is 21.9 Å². The molecule has 1 aromatic heterocycles. The summed E-state index contributed by atoms with van der Waals surface area (Å²) < 4.78 is 0. The van der Waals surface area contributed by atoms with Crippen LogP contribution >= 0.6 is 52.1 Å². The summed E-state index contributed by atoms with van der Waals surface area (Å²) in [5.74, 6) is 0. The topological polar surface area (TPSA) is 50.9 Å². The standard InChI is InChI=1S/C11H8ClN3S2.BrH/c12-6-1-2-7-5(3-6)4-8-9(7)14-11(17-8)15-10(13)16;/h1-3H,4H2,(H3,13,14,15,16);1H. The van der Waals surface area contributed by atoms with Gasteiger partial charge in [-0.05, 0) is 29.9 Å². The van der Waals surface area contributed by atoms with Crippen molar-refractivity contribution in [2.45, 2.75) is 6.42 Å². The van der Waals surface area contributed by atoms with Crippen molar-refractivity contribution >= 4 is 62.4 Å². The highest BCUT2D eigenvalue weighted by Crippen LogP contribution is 2.41. The van der Waals surface area contributed by atoms with Crippen LogP contribution in [-0.2, 0) is 6.42 Å². The zero-order valence-electron chi connectivity index (χ0n) is 9.07. The summed E-state index contributed by atoms with van der Waals surface area (Å²) in [6, 6.07) is 5.88. The van der Waals surface area contributed by atoms with E-state index in [4.69, 9.17) is 29.6 Å². The molecule has 0 radical (unpaired) electrons. The van der Waals surface area contributed by atoms with Crippen molar-refractivity contribution in [1.29, 1.82) is 0 Å². The number of anilines is 1. The molecule has 0 fully saturated rings. The Morgan fingerprint density at radius 2 is 2.28 bits per heavy atom. The van der Waals surface area contributed by atoms with E-state index >= 15 is 0 Å².